The van der Waals surface area contributed by atoms with Crippen molar-refractivity contribution in [1.82, 2.24) is 9.71 Å². The molecule has 0 fully saturated rings. The van der Waals surface area contributed by atoms with E-state index in [4.69, 9.17) is 4.74 Å². The molecule has 1 amide bonds. The molecule has 9 heteroatoms. The van der Waals surface area contributed by atoms with Gasteiger partial charge in [0.1, 0.15) is 5.75 Å². The molecule has 7 nitrogen and oxygen atoms in total. The Bertz CT molecular complexity index is 1150. The minimum Gasteiger partial charge on any atom is -0.497 e. The molecule has 30 heavy (non-hydrogen) atoms. The second-order valence-electron chi connectivity index (χ2n) is 6.27. The van der Waals surface area contributed by atoms with Gasteiger partial charge in [0, 0.05) is 22.5 Å². The number of thiazole rings is 1. The van der Waals surface area contributed by atoms with Crippen molar-refractivity contribution < 1.29 is 17.9 Å². The largest absolute Gasteiger partial charge is 0.497 e. The highest BCUT2D eigenvalue weighted by Crippen LogP contribution is 2.31. The van der Waals surface area contributed by atoms with E-state index in [1.807, 2.05) is 31.2 Å². The van der Waals surface area contributed by atoms with Crippen LogP contribution in [0.15, 0.2) is 66.1 Å². The Balaban J connectivity index is 1.74. The Labute approximate surface area is 179 Å². The molecule has 156 valence electrons. The van der Waals surface area contributed by atoms with Crippen molar-refractivity contribution in [3.05, 3.63) is 71.6 Å². The first kappa shape index (κ1) is 21.7. The van der Waals surface area contributed by atoms with Crippen LogP contribution in [-0.2, 0) is 10.0 Å². The molecule has 0 saturated heterocycles. The number of rotatable bonds is 8. The first-order valence-electron chi connectivity index (χ1n) is 8.98. The van der Waals surface area contributed by atoms with Crippen LogP contribution >= 0.6 is 11.3 Å². The van der Waals surface area contributed by atoms with Crippen LogP contribution in [-0.4, -0.2) is 33.0 Å². The highest BCUT2D eigenvalue weighted by Gasteiger charge is 2.16. The third-order valence-electron chi connectivity index (χ3n) is 4.23. The monoisotopic (exact) mass is 443 g/mol. The molecule has 3 rings (SSSR count). The van der Waals surface area contributed by atoms with E-state index in [0.29, 0.717) is 10.7 Å². The summed E-state index contributed by atoms with van der Waals surface area (Å²) < 4.78 is 31.8. The number of nitrogens with one attached hydrogen (secondary N) is 2. The Morgan fingerprint density at radius 1 is 1.17 bits per heavy atom. The number of hydrogen-bond donors (Lipinski definition) is 2. The second kappa shape index (κ2) is 9.21. The Hall–Kier alpha value is -3.01. The van der Waals surface area contributed by atoms with Crippen molar-refractivity contribution >= 4 is 32.4 Å². The van der Waals surface area contributed by atoms with Crippen molar-refractivity contribution in [3.8, 4) is 17.0 Å². The zero-order valence-corrected chi connectivity index (χ0v) is 18.1. The minimum atomic E-state index is -3.63. The Morgan fingerprint density at radius 3 is 2.43 bits per heavy atom. The smallest absolute Gasteiger partial charge is 0.257 e. The third-order valence-corrected chi connectivity index (χ3v) is 6.55. The van der Waals surface area contributed by atoms with Gasteiger partial charge >= 0.3 is 0 Å². The summed E-state index contributed by atoms with van der Waals surface area (Å²) in [6, 6.07) is 13.2. The van der Waals surface area contributed by atoms with Gasteiger partial charge in [-0.25, -0.2) is 18.1 Å². The quantitative estimate of drug-likeness (QED) is 0.516. The van der Waals surface area contributed by atoms with Crippen LogP contribution in [0.25, 0.3) is 11.3 Å². The molecule has 1 heterocycles. The molecule has 0 atom stereocenters. The average Bonchev–Trinajstić information content (AvgIpc) is 3.12. The summed E-state index contributed by atoms with van der Waals surface area (Å²) in [5.41, 5.74) is 2.04. The van der Waals surface area contributed by atoms with E-state index in [9.17, 15) is 13.2 Å². The lowest BCUT2D eigenvalue weighted by Crippen LogP contribution is -2.23. The van der Waals surface area contributed by atoms with Gasteiger partial charge in [0.05, 0.1) is 17.7 Å². The number of benzene rings is 2. The van der Waals surface area contributed by atoms with Crippen LogP contribution < -0.4 is 14.8 Å². The van der Waals surface area contributed by atoms with Gasteiger partial charge in [-0.1, -0.05) is 6.08 Å². The molecule has 3 aromatic rings. The number of aromatic nitrogens is 1. The maximum absolute atomic E-state index is 12.5. The summed E-state index contributed by atoms with van der Waals surface area (Å²) in [7, 11) is -2.03. The van der Waals surface area contributed by atoms with Crippen molar-refractivity contribution in [2.75, 3.05) is 19.0 Å². The number of amides is 1. The highest BCUT2D eigenvalue weighted by atomic mass is 32.2. The Morgan fingerprint density at radius 2 is 1.83 bits per heavy atom. The number of aryl methyl sites for hydroxylation is 1. The lowest BCUT2D eigenvalue weighted by Gasteiger charge is -2.06. The van der Waals surface area contributed by atoms with E-state index in [1.54, 1.807) is 7.11 Å². The molecule has 0 bridgehead atoms. The first-order chi connectivity index (χ1) is 14.3. The standard InChI is InChI=1S/C21H21N3O4S2/c1-4-13-22-30(26,27)18-11-7-16(8-12-18)20(25)24-21-23-19(14(2)29-21)15-5-9-17(28-3)10-6-15/h4-12,22H,1,13H2,2-3H3,(H,23,24,25). The maximum atomic E-state index is 12.5. The van der Waals surface area contributed by atoms with Gasteiger partial charge in [-0.05, 0) is 55.5 Å². The van der Waals surface area contributed by atoms with Gasteiger partial charge in [0.15, 0.2) is 5.13 Å². The van der Waals surface area contributed by atoms with Crippen molar-refractivity contribution in [2.45, 2.75) is 11.8 Å². The molecular formula is C21H21N3O4S2. The number of ether oxygens (including phenoxy) is 1. The predicted octanol–water partition coefficient (Wildman–Crippen LogP) is 3.84. The number of methoxy groups -OCH3 is 1. The summed E-state index contributed by atoms with van der Waals surface area (Å²) in [6.07, 6.45) is 1.45. The van der Waals surface area contributed by atoms with Crippen molar-refractivity contribution in [1.29, 1.82) is 0 Å². The van der Waals surface area contributed by atoms with Crippen molar-refractivity contribution in [2.24, 2.45) is 0 Å². The number of carbonyl (C=O) groups is 1. The van der Waals surface area contributed by atoms with Gasteiger partial charge in [-0.15, -0.1) is 17.9 Å². The Kier molecular flexibility index (Phi) is 6.66. The molecule has 0 aliphatic rings. The summed E-state index contributed by atoms with van der Waals surface area (Å²) in [5.74, 6) is 0.387. The van der Waals surface area contributed by atoms with Crippen LogP contribution in [0.5, 0.6) is 5.75 Å². The molecule has 0 saturated carbocycles. The lowest BCUT2D eigenvalue weighted by atomic mass is 10.1. The summed E-state index contributed by atoms with van der Waals surface area (Å²) in [6.45, 7) is 5.54. The average molecular weight is 444 g/mol. The van der Waals surface area contributed by atoms with Gasteiger partial charge in [-0.2, -0.15) is 0 Å². The van der Waals surface area contributed by atoms with E-state index in [2.05, 4.69) is 21.6 Å². The highest BCUT2D eigenvalue weighted by molar-refractivity contribution is 7.89. The molecule has 0 unspecified atom stereocenters. The topological polar surface area (TPSA) is 97.4 Å². The van der Waals surface area contributed by atoms with Gasteiger partial charge < -0.3 is 4.74 Å². The van der Waals surface area contributed by atoms with Crippen LogP contribution in [0, 0.1) is 6.92 Å². The summed E-state index contributed by atoms with van der Waals surface area (Å²) in [4.78, 5) is 18.1. The van der Waals surface area contributed by atoms with Gasteiger partial charge in [0.2, 0.25) is 10.0 Å². The SMILES string of the molecule is C=CCNS(=O)(=O)c1ccc(C(=O)Nc2nc(-c3ccc(OC)cc3)c(C)s2)cc1. The van der Waals surface area contributed by atoms with Crippen LogP contribution in [0.1, 0.15) is 15.2 Å². The molecule has 1 aromatic heterocycles. The van der Waals surface area contributed by atoms with E-state index >= 15 is 0 Å². The minimum absolute atomic E-state index is 0.0767. The molecule has 2 N–H and O–H groups in total. The predicted molar refractivity (Wildman–Crippen MR) is 119 cm³/mol. The van der Waals surface area contributed by atoms with Crippen LogP contribution in [0.3, 0.4) is 0 Å². The zero-order valence-electron chi connectivity index (χ0n) is 16.5. The van der Waals surface area contributed by atoms with Gasteiger partial charge in [-0.3, -0.25) is 10.1 Å². The molecule has 0 aliphatic heterocycles. The number of carbonyl (C=O) groups excluding carboxylic acids is 1. The summed E-state index contributed by atoms with van der Waals surface area (Å²) >= 11 is 1.37. The van der Waals surface area contributed by atoms with E-state index in [0.717, 1.165) is 21.9 Å². The fourth-order valence-electron chi connectivity index (χ4n) is 2.67. The van der Waals surface area contributed by atoms with E-state index in [1.165, 1.54) is 41.7 Å². The number of nitrogens with zero attached hydrogens (tertiary/aromatic N) is 1. The first-order valence-corrected chi connectivity index (χ1v) is 11.3. The van der Waals surface area contributed by atoms with E-state index in [-0.39, 0.29) is 17.3 Å². The fraction of sp³-hybridized carbons (Fsp3) is 0.143. The summed E-state index contributed by atoms with van der Waals surface area (Å²) in [5, 5.41) is 3.24. The normalized spacial score (nSPS) is 11.1. The third kappa shape index (κ3) is 4.93. The second-order valence-corrected chi connectivity index (χ2v) is 9.24. The number of sulfonamides is 1. The molecule has 0 aliphatic carbocycles. The molecular weight excluding hydrogens is 422 g/mol. The van der Waals surface area contributed by atoms with Crippen LogP contribution in [0.2, 0.25) is 0 Å². The zero-order chi connectivity index (χ0) is 21.7. The van der Waals surface area contributed by atoms with Crippen LogP contribution in [0.4, 0.5) is 5.13 Å². The maximum Gasteiger partial charge on any atom is 0.257 e. The van der Waals surface area contributed by atoms with E-state index < -0.39 is 10.0 Å². The fourth-order valence-corrected chi connectivity index (χ4v) is 4.50. The van der Waals surface area contributed by atoms with Gasteiger partial charge in [0.25, 0.3) is 5.91 Å². The molecule has 2 aromatic carbocycles. The van der Waals surface area contributed by atoms with Crippen molar-refractivity contribution in [3.63, 3.8) is 0 Å². The molecule has 0 radical (unpaired) electrons. The lowest BCUT2D eigenvalue weighted by molar-refractivity contribution is 0.102. The number of anilines is 1. The molecule has 0 spiro atoms. The number of hydrogen-bond acceptors (Lipinski definition) is 6.